The average molecular weight is 271 g/mol. The third kappa shape index (κ3) is 3.40. The molecule has 102 valence electrons. The number of nitrogens with one attached hydrogen (secondary N) is 1. The lowest BCUT2D eigenvalue weighted by Crippen LogP contribution is -2.16. The Morgan fingerprint density at radius 3 is 2.68 bits per heavy atom. The number of anilines is 1. The van der Waals surface area contributed by atoms with Crippen molar-refractivity contribution in [2.45, 2.75) is 13.0 Å². The number of benzene rings is 1. The van der Waals surface area contributed by atoms with Crippen molar-refractivity contribution in [3.05, 3.63) is 24.3 Å². The Morgan fingerprint density at radius 1 is 1.37 bits per heavy atom. The monoisotopic (exact) mass is 271 g/mol. The summed E-state index contributed by atoms with van der Waals surface area (Å²) in [6.45, 7) is -2.94. The van der Waals surface area contributed by atoms with E-state index >= 15 is 0 Å². The van der Waals surface area contributed by atoms with Crippen LogP contribution in [0.2, 0.25) is 0 Å². The van der Waals surface area contributed by atoms with Crippen molar-refractivity contribution in [2.24, 2.45) is 11.8 Å². The zero-order valence-corrected chi connectivity index (χ0v) is 9.68. The number of halogens is 2. The highest BCUT2D eigenvalue weighted by atomic mass is 19.3. The van der Waals surface area contributed by atoms with Crippen LogP contribution in [0.1, 0.15) is 6.42 Å². The second kappa shape index (κ2) is 5.21. The Bertz CT molecular complexity index is 506. The first-order valence-electron chi connectivity index (χ1n) is 5.56. The van der Waals surface area contributed by atoms with Crippen LogP contribution in [-0.2, 0) is 9.59 Å². The van der Waals surface area contributed by atoms with E-state index in [1.54, 1.807) is 0 Å². The summed E-state index contributed by atoms with van der Waals surface area (Å²) in [5.41, 5.74) is 0.291. The summed E-state index contributed by atoms with van der Waals surface area (Å²) < 4.78 is 28.2. The first-order valence-corrected chi connectivity index (χ1v) is 5.56. The summed E-state index contributed by atoms with van der Waals surface area (Å²) in [5, 5.41) is 11.2. The predicted octanol–water partition coefficient (Wildman–Crippen LogP) is 1.95. The quantitative estimate of drug-likeness (QED) is 0.858. The van der Waals surface area contributed by atoms with Gasteiger partial charge >= 0.3 is 12.6 Å². The van der Waals surface area contributed by atoms with Crippen LogP contribution in [0.4, 0.5) is 14.5 Å². The van der Waals surface area contributed by atoms with Gasteiger partial charge in [0.15, 0.2) is 0 Å². The van der Waals surface area contributed by atoms with Gasteiger partial charge in [-0.3, -0.25) is 9.59 Å². The number of amides is 1. The fourth-order valence-corrected chi connectivity index (χ4v) is 1.74. The highest BCUT2D eigenvalue weighted by Crippen LogP contribution is 2.39. The van der Waals surface area contributed by atoms with Crippen molar-refractivity contribution in [2.75, 3.05) is 5.32 Å². The van der Waals surface area contributed by atoms with Gasteiger partial charge in [-0.25, -0.2) is 0 Å². The number of carbonyl (C=O) groups excluding carboxylic acids is 1. The third-order valence-electron chi connectivity index (χ3n) is 2.77. The van der Waals surface area contributed by atoms with Gasteiger partial charge in [-0.2, -0.15) is 8.78 Å². The molecule has 19 heavy (non-hydrogen) atoms. The van der Waals surface area contributed by atoms with Gasteiger partial charge < -0.3 is 15.2 Å². The number of rotatable bonds is 5. The van der Waals surface area contributed by atoms with Gasteiger partial charge in [0.2, 0.25) is 5.91 Å². The Morgan fingerprint density at radius 2 is 2.11 bits per heavy atom. The lowest BCUT2D eigenvalue weighted by atomic mass is 10.2. The maximum atomic E-state index is 12.0. The molecular formula is C12H11F2NO4. The SMILES string of the molecule is O=C(O)[C@H]1C[C@H]1C(=O)Nc1cccc(OC(F)F)c1. The second-order valence-electron chi connectivity index (χ2n) is 4.18. The zero-order chi connectivity index (χ0) is 14.0. The minimum absolute atomic E-state index is 0.0709. The molecule has 1 amide bonds. The van der Waals surface area contributed by atoms with Crippen LogP contribution in [-0.4, -0.2) is 23.6 Å². The summed E-state index contributed by atoms with van der Waals surface area (Å²) in [7, 11) is 0. The predicted molar refractivity (Wildman–Crippen MR) is 60.9 cm³/mol. The topological polar surface area (TPSA) is 75.6 Å². The van der Waals surface area contributed by atoms with Crippen LogP contribution < -0.4 is 10.1 Å². The molecule has 2 N–H and O–H groups in total. The molecule has 2 rings (SSSR count). The second-order valence-corrected chi connectivity index (χ2v) is 4.18. The molecule has 0 aliphatic heterocycles. The van der Waals surface area contributed by atoms with Gasteiger partial charge in [0.05, 0.1) is 11.8 Å². The molecular weight excluding hydrogens is 260 g/mol. The largest absolute Gasteiger partial charge is 0.481 e. The summed E-state index contributed by atoms with van der Waals surface area (Å²) >= 11 is 0. The van der Waals surface area contributed by atoms with E-state index < -0.39 is 30.3 Å². The van der Waals surface area contributed by atoms with E-state index in [0.29, 0.717) is 12.1 Å². The average Bonchev–Trinajstić information content (AvgIpc) is 3.08. The molecule has 0 bridgehead atoms. The van der Waals surface area contributed by atoms with Crippen molar-refractivity contribution in [1.29, 1.82) is 0 Å². The normalized spacial score (nSPS) is 21.0. The minimum Gasteiger partial charge on any atom is -0.481 e. The van der Waals surface area contributed by atoms with Crippen LogP contribution in [0.25, 0.3) is 0 Å². The van der Waals surface area contributed by atoms with Gasteiger partial charge in [-0.15, -0.1) is 0 Å². The first-order chi connectivity index (χ1) is 8.97. The summed E-state index contributed by atoms with van der Waals surface area (Å²) in [5.74, 6) is -2.72. The van der Waals surface area contributed by atoms with Crippen molar-refractivity contribution in [3.63, 3.8) is 0 Å². The maximum absolute atomic E-state index is 12.0. The van der Waals surface area contributed by atoms with Crippen molar-refractivity contribution < 1.29 is 28.2 Å². The Labute approximate surface area is 107 Å². The van der Waals surface area contributed by atoms with Gasteiger partial charge in [-0.1, -0.05) is 6.07 Å². The number of carbonyl (C=O) groups is 2. The van der Waals surface area contributed by atoms with Gasteiger partial charge in [0.1, 0.15) is 5.75 Å². The molecule has 1 fully saturated rings. The molecule has 0 radical (unpaired) electrons. The third-order valence-corrected chi connectivity index (χ3v) is 2.77. The van der Waals surface area contributed by atoms with Crippen LogP contribution in [0, 0.1) is 11.8 Å². The number of hydrogen-bond donors (Lipinski definition) is 2. The molecule has 0 spiro atoms. The summed E-state index contributed by atoms with van der Waals surface area (Å²) in [4.78, 5) is 22.3. The minimum atomic E-state index is -2.94. The number of ether oxygens (including phenoxy) is 1. The first kappa shape index (κ1) is 13.3. The zero-order valence-electron chi connectivity index (χ0n) is 9.68. The number of aliphatic carboxylic acids is 1. The summed E-state index contributed by atoms with van der Waals surface area (Å²) in [6.07, 6.45) is 0.300. The number of hydrogen-bond acceptors (Lipinski definition) is 3. The van der Waals surface area contributed by atoms with Crippen LogP contribution in [0.15, 0.2) is 24.3 Å². The van der Waals surface area contributed by atoms with E-state index in [1.807, 2.05) is 0 Å². The molecule has 2 atom stereocenters. The lowest BCUT2D eigenvalue weighted by Gasteiger charge is -2.08. The van der Waals surface area contributed by atoms with Crippen molar-refractivity contribution in [1.82, 2.24) is 0 Å². The molecule has 0 aromatic heterocycles. The number of carboxylic acids is 1. The fourth-order valence-electron chi connectivity index (χ4n) is 1.74. The van der Waals surface area contributed by atoms with Crippen LogP contribution in [0.5, 0.6) is 5.75 Å². The Balaban J connectivity index is 1.96. The molecule has 0 heterocycles. The molecule has 5 nitrogen and oxygen atoms in total. The summed E-state index contributed by atoms with van der Waals surface area (Å²) in [6, 6.07) is 5.55. The van der Waals surface area contributed by atoms with E-state index in [-0.39, 0.29) is 5.75 Å². The smallest absolute Gasteiger partial charge is 0.387 e. The fraction of sp³-hybridized carbons (Fsp3) is 0.333. The maximum Gasteiger partial charge on any atom is 0.387 e. The molecule has 7 heteroatoms. The van der Waals surface area contributed by atoms with Crippen LogP contribution >= 0.6 is 0 Å². The van der Waals surface area contributed by atoms with E-state index in [2.05, 4.69) is 10.1 Å². The Kier molecular flexibility index (Phi) is 3.64. The molecule has 1 aromatic carbocycles. The molecule has 1 aliphatic carbocycles. The molecule has 1 aliphatic rings. The molecule has 1 saturated carbocycles. The van der Waals surface area contributed by atoms with Gasteiger partial charge in [0, 0.05) is 11.8 Å². The van der Waals surface area contributed by atoms with Crippen LogP contribution in [0.3, 0.4) is 0 Å². The highest BCUT2D eigenvalue weighted by molar-refractivity contribution is 5.98. The molecule has 0 saturated heterocycles. The van der Waals surface area contributed by atoms with Crippen molar-refractivity contribution in [3.8, 4) is 5.75 Å². The van der Waals surface area contributed by atoms with E-state index in [1.165, 1.54) is 24.3 Å². The van der Waals surface area contributed by atoms with Gasteiger partial charge in [-0.05, 0) is 18.6 Å². The standard InChI is InChI=1S/C12H11F2NO4/c13-12(14)19-7-3-1-2-6(4-7)15-10(16)8-5-9(8)11(17)18/h1-4,8-9,12H,5H2,(H,15,16)(H,17,18)/t8-,9+/m1/s1. The van der Waals surface area contributed by atoms with E-state index in [0.717, 1.165) is 0 Å². The Hall–Kier alpha value is -2.18. The van der Waals surface area contributed by atoms with Crippen molar-refractivity contribution >= 4 is 17.6 Å². The number of alkyl halides is 2. The highest BCUT2D eigenvalue weighted by Gasteiger charge is 2.48. The lowest BCUT2D eigenvalue weighted by molar-refractivity contribution is -0.139. The molecule has 1 aromatic rings. The van der Waals surface area contributed by atoms with E-state index in [9.17, 15) is 18.4 Å². The molecule has 0 unspecified atom stereocenters. The van der Waals surface area contributed by atoms with Gasteiger partial charge in [0.25, 0.3) is 0 Å². The number of carboxylic acid groups (broad SMARTS) is 1. The van der Waals surface area contributed by atoms with E-state index in [4.69, 9.17) is 5.11 Å².